The largest absolute Gasteiger partial charge is 0.444 e. The summed E-state index contributed by atoms with van der Waals surface area (Å²) in [7, 11) is 0. The van der Waals surface area contributed by atoms with E-state index in [0.717, 1.165) is 41.1 Å². The van der Waals surface area contributed by atoms with Crippen LogP contribution in [0.3, 0.4) is 0 Å². The summed E-state index contributed by atoms with van der Waals surface area (Å²) < 4.78 is 13.4. The zero-order chi connectivity index (χ0) is 30.1. The van der Waals surface area contributed by atoms with Crippen LogP contribution in [0.5, 0.6) is 0 Å². The van der Waals surface area contributed by atoms with E-state index in [1.165, 1.54) is 11.1 Å². The SMILES string of the molecule is CCOCc1nc2c(N(Cc3ccccc3)Cc3ccccc3)nc(Cl)c(C)c2n1CCCCNC(=O)OC(C)(C)C. The highest BCUT2D eigenvalue weighted by atomic mass is 35.5. The van der Waals surface area contributed by atoms with Crippen molar-refractivity contribution in [3.05, 3.63) is 88.3 Å². The van der Waals surface area contributed by atoms with E-state index in [1.807, 2.05) is 71.0 Å². The number of halogens is 1. The number of unbranched alkanes of at least 4 members (excludes halogenated alkanes) is 1. The lowest BCUT2D eigenvalue weighted by Gasteiger charge is -2.25. The molecule has 0 saturated heterocycles. The van der Waals surface area contributed by atoms with Crippen molar-refractivity contribution >= 4 is 34.5 Å². The number of nitrogens with one attached hydrogen (secondary N) is 1. The highest BCUT2D eigenvalue weighted by Gasteiger charge is 2.23. The summed E-state index contributed by atoms with van der Waals surface area (Å²) >= 11 is 6.83. The fourth-order valence-corrected chi connectivity index (χ4v) is 5.01. The summed E-state index contributed by atoms with van der Waals surface area (Å²) in [5, 5.41) is 3.31. The van der Waals surface area contributed by atoms with Crippen molar-refractivity contribution in [2.45, 2.75) is 79.3 Å². The first-order valence-electron chi connectivity index (χ1n) is 14.6. The van der Waals surface area contributed by atoms with Crippen LogP contribution in [-0.4, -0.2) is 39.4 Å². The molecule has 0 radical (unpaired) electrons. The van der Waals surface area contributed by atoms with E-state index >= 15 is 0 Å². The summed E-state index contributed by atoms with van der Waals surface area (Å²) in [5.41, 5.74) is 4.48. The first-order chi connectivity index (χ1) is 20.2. The molecule has 8 nitrogen and oxygen atoms in total. The second-order valence-electron chi connectivity index (χ2n) is 11.3. The molecule has 2 aromatic carbocycles. The van der Waals surface area contributed by atoms with Crippen LogP contribution in [0.25, 0.3) is 11.0 Å². The molecule has 0 aliphatic carbocycles. The number of hydrogen-bond donors (Lipinski definition) is 1. The highest BCUT2D eigenvalue weighted by Crippen LogP contribution is 2.34. The van der Waals surface area contributed by atoms with Crippen molar-refractivity contribution in [1.82, 2.24) is 19.9 Å². The molecule has 0 aliphatic rings. The molecule has 0 fully saturated rings. The summed E-state index contributed by atoms with van der Waals surface area (Å²) in [5.74, 6) is 1.58. The van der Waals surface area contributed by atoms with E-state index in [4.69, 9.17) is 31.0 Å². The van der Waals surface area contributed by atoms with E-state index in [-0.39, 0.29) is 0 Å². The molecule has 4 rings (SSSR count). The number of nitrogens with zero attached hydrogens (tertiary/aromatic N) is 4. The predicted molar refractivity (Wildman–Crippen MR) is 169 cm³/mol. The Bertz CT molecular complexity index is 1410. The minimum atomic E-state index is -0.522. The maximum Gasteiger partial charge on any atom is 0.407 e. The molecular weight excluding hydrogens is 550 g/mol. The Labute approximate surface area is 254 Å². The van der Waals surface area contributed by atoms with Gasteiger partial charge in [0.25, 0.3) is 0 Å². The van der Waals surface area contributed by atoms with Crippen LogP contribution in [0.4, 0.5) is 10.6 Å². The van der Waals surface area contributed by atoms with E-state index in [9.17, 15) is 4.79 Å². The van der Waals surface area contributed by atoms with Gasteiger partial charge in [-0.3, -0.25) is 0 Å². The molecule has 0 aliphatic heterocycles. The first-order valence-corrected chi connectivity index (χ1v) is 15.0. The molecule has 0 bridgehead atoms. The number of aryl methyl sites for hydroxylation is 2. The van der Waals surface area contributed by atoms with Crippen LogP contribution < -0.4 is 10.2 Å². The normalized spacial score (nSPS) is 11.6. The summed E-state index contributed by atoms with van der Waals surface area (Å²) in [4.78, 5) is 24.3. The number of alkyl carbamates (subject to hydrolysis) is 1. The number of amides is 1. The molecule has 9 heteroatoms. The van der Waals surface area contributed by atoms with Crippen molar-refractivity contribution in [2.24, 2.45) is 0 Å². The van der Waals surface area contributed by atoms with Crippen molar-refractivity contribution in [3.63, 3.8) is 0 Å². The molecule has 0 saturated carbocycles. The minimum absolute atomic E-state index is 0.384. The van der Waals surface area contributed by atoms with Gasteiger partial charge in [-0.2, -0.15) is 0 Å². The third-order valence-corrected chi connectivity index (χ3v) is 7.14. The lowest BCUT2D eigenvalue weighted by Crippen LogP contribution is -2.33. The summed E-state index contributed by atoms with van der Waals surface area (Å²) in [6.07, 6.45) is 1.21. The van der Waals surface area contributed by atoms with E-state index in [2.05, 4.69) is 39.0 Å². The van der Waals surface area contributed by atoms with Gasteiger partial charge >= 0.3 is 6.09 Å². The molecule has 224 valence electrons. The third-order valence-electron chi connectivity index (χ3n) is 6.77. The Morgan fingerprint density at radius 1 is 0.976 bits per heavy atom. The minimum Gasteiger partial charge on any atom is -0.444 e. The summed E-state index contributed by atoms with van der Waals surface area (Å²) in [6.45, 7) is 13.0. The number of pyridine rings is 1. The fourth-order valence-electron chi connectivity index (χ4n) is 4.84. The zero-order valence-electron chi connectivity index (χ0n) is 25.3. The first kappa shape index (κ1) is 31.3. The van der Waals surface area contributed by atoms with Gasteiger partial charge in [-0.1, -0.05) is 72.3 Å². The zero-order valence-corrected chi connectivity index (χ0v) is 26.1. The quantitative estimate of drug-likeness (QED) is 0.128. The average molecular weight is 592 g/mol. The Hall–Kier alpha value is -3.62. The van der Waals surface area contributed by atoms with Gasteiger partial charge in [0.1, 0.15) is 28.7 Å². The lowest BCUT2D eigenvalue weighted by molar-refractivity contribution is 0.0527. The Morgan fingerprint density at radius 3 is 2.17 bits per heavy atom. The molecule has 4 aromatic rings. The molecule has 2 aromatic heterocycles. The van der Waals surface area contributed by atoms with Gasteiger partial charge in [0.15, 0.2) is 5.82 Å². The second kappa shape index (κ2) is 14.5. The Morgan fingerprint density at radius 2 is 1.60 bits per heavy atom. The molecule has 1 amide bonds. The number of ether oxygens (including phenoxy) is 2. The molecule has 1 N–H and O–H groups in total. The smallest absolute Gasteiger partial charge is 0.407 e. The van der Waals surface area contributed by atoms with Gasteiger partial charge in [-0.15, -0.1) is 0 Å². The number of imidazole rings is 1. The van der Waals surface area contributed by atoms with Gasteiger partial charge in [-0.25, -0.2) is 14.8 Å². The Balaban J connectivity index is 1.66. The van der Waals surface area contributed by atoms with Crippen LogP contribution in [0.15, 0.2) is 60.7 Å². The topological polar surface area (TPSA) is 81.5 Å². The number of rotatable bonds is 13. The van der Waals surface area contributed by atoms with Gasteiger partial charge < -0.3 is 24.3 Å². The second-order valence-corrected chi connectivity index (χ2v) is 11.7. The summed E-state index contributed by atoms with van der Waals surface area (Å²) in [6, 6.07) is 20.7. The predicted octanol–water partition coefficient (Wildman–Crippen LogP) is 7.44. The molecule has 2 heterocycles. The molecule has 0 atom stereocenters. The molecule has 0 unspecified atom stereocenters. The van der Waals surface area contributed by atoms with Crippen LogP contribution in [0.1, 0.15) is 63.1 Å². The molecular formula is C33H42ClN5O3. The van der Waals surface area contributed by atoms with Gasteiger partial charge in [0, 0.05) is 38.3 Å². The maximum absolute atomic E-state index is 12.1. The standard InChI is InChI=1S/C33H42ClN5O3/c1-6-41-23-27-36-28-29(39(27)20-14-13-19-35-32(40)42-33(3,4)5)24(2)30(34)37-31(28)38(21-25-15-9-7-10-16-25)22-26-17-11-8-12-18-26/h7-12,15-18H,6,13-14,19-23H2,1-5H3,(H,35,40). The number of fused-ring (bicyclic) bond motifs is 1. The fraction of sp³-hybridized carbons (Fsp3) is 0.424. The number of benzene rings is 2. The monoisotopic (exact) mass is 591 g/mol. The van der Waals surface area contributed by atoms with Crippen LogP contribution in [-0.2, 0) is 35.7 Å². The van der Waals surface area contributed by atoms with E-state index in [1.54, 1.807) is 0 Å². The maximum atomic E-state index is 12.1. The van der Waals surface area contributed by atoms with Crippen molar-refractivity contribution in [3.8, 4) is 0 Å². The van der Waals surface area contributed by atoms with Crippen LogP contribution >= 0.6 is 11.6 Å². The van der Waals surface area contributed by atoms with Crippen LogP contribution in [0.2, 0.25) is 5.15 Å². The van der Waals surface area contributed by atoms with Gasteiger partial charge in [0.05, 0.1) is 5.52 Å². The van der Waals surface area contributed by atoms with Crippen molar-refractivity contribution < 1.29 is 14.3 Å². The number of carbonyl (C=O) groups is 1. The Kier molecular flexibility index (Phi) is 10.8. The van der Waals surface area contributed by atoms with Gasteiger partial charge in [-0.05, 0) is 58.6 Å². The van der Waals surface area contributed by atoms with Gasteiger partial charge in [0.2, 0.25) is 0 Å². The molecule has 42 heavy (non-hydrogen) atoms. The number of aromatic nitrogens is 3. The average Bonchev–Trinajstić information content (AvgIpc) is 3.32. The van der Waals surface area contributed by atoms with Crippen molar-refractivity contribution in [2.75, 3.05) is 18.1 Å². The number of hydrogen-bond acceptors (Lipinski definition) is 6. The van der Waals surface area contributed by atoms with Crippen molar-refractivity contribution in [1.29, 1.82) is 0 Å². The van der Waals surface area contributed by atoms with E-state index in [0.29, 0.717) is 44.5 Å². The van der Waals surface area contributed by atoms with Crippen LogP contribution in [0, 0.1) is 6.92 Å². The van der Waals surface area contributed by atoms with E-state index < -0.39 is 11.7 Å². The third kappa shape index (κ3) is 8.46. The molecule has 0 spiro atoms. The number of anilines is 1. The highest BCUT2D eigenvalue weighted by molar-refractivity contribution is 6.31. The lowest BCUT2D eigenvalue weighted by atomic mass is 10.1. The number of carbonyl (C=O) groups excluding carboxylic acids is 1.